The van der Waals surface area contributed by atoms with Gasteiger partial charge in [-0.1, -0.05) is 33.1 Å². The average Bonchev–Trinajstić information content (AvgIpc) is 2.25. The van der Waals surface area contributed by atoms with Crippen LogP contribution in [-0.4, -0.2) is 32.5 Å². The maximum Gasteiger partial charge on any atom is 0.190 e. The van der Waals surface area contributed by atoms with Crippen molar-refractivity contribution in [2.24, 2.45) is 0 Å². The molecular weight excluding hydrogens is 256 g/mol. The highest BCUT2D eigenvalue weighted by atomic mass is 32.1. The van der Waals surface area contributed by atoms with Gasteiger partial charge in [-0.25, -0.2) is 0 Å². The maximum absolute atomic E-state index is 9.67. The molecule has 5 heteroatoms. The van der Waals surface area contributed by atoms with Crippen LogP contribution >= 0.6 is 24.4 Å². The van der Waals surface area contributed by atoms with Crippen molar-refractivity contribution in [3.05, 3.63) is 0 Å². The first-order valence-electron chi connectivity index (χ1n) is 6.07. The zero-order valence-electron chi connectivity index (χ0n) is 10.6. The third-order valence-corrected chi connectivity index (χ3v) is 3.15. The second-order valence-electron chi connectivity index (χ2n) is 4.18. The van der Waals surface area contributed by atoms with Crippen LogP contribution in [0.5, 0.6) is 0 Å². The summed E-state index contributed by atoms with van der Waals surface area (Å²) in [4.78, 5) is 0. The normalized spacial score (nSPS) is 14.2. The molecule has 2 N–H and O–H groups in total. The minimum Gasteiger partial charge on any atom is -0.502 e. The highest BCUT2D eigenvalue weighted by Crippen LogP contribution is 2.26. The molecule has 3 nitrogen and oxygen atoms in total. The molecule has 1 unspecified atom stereocenters. The number of unbranched alkanes of at least 4 members (excludes halogenated alkanes) is 2. The number of hydrogen-bond acceptors (Lipinski definition) is 3. The van der Waals surface area contributed by atoms with Gasteiger partial charge in [-0.3, -0.25) is 0 Å². The summed E-state index contributed by atoms with van der Waals surface area (Å²) in [7, 11) is 0. The number of aliphatic hydroxyl groups is 2. The van der Waals surface area contributed by atoms with Crippen molar-refractivity contribution in [1.29, 1.82) is 0 Å². The SMILES string of the molecule is CCCCOC(CCCC)(CC(O)=S)C(O)=S. The van der Waals surface area contributed by atoms with Gasteiger partial charge in [0.05, 0.1) is 6.42 Å². The molecule has 0 saturated heterocycles. The van der Waals surface area contributed by atoms with Crippen molar-refractivity contribution in [2.45, 2.75) is 58.0 Å². The monoisotopic (exact) mass is 278 g/mol. The smallest absolute Gasteiger partial charge is 0.190 e. The van der Waals surface area contributed by atoms with Gasteiger partial charge < -0.3 is 14.9 Å². The number of hydrogen-bond donors (Lipinski definition) is 2. The van der Waals surface area contributed by atoms with Crippen LogP contribution in [0.15, 0.2) is 0 Å². The Labute approximate surface area is 114 Å². The van der Waals surface area contributed by atoms with Crippen LogP contribution in [-0.2, 0) is 4.74 Å². The molecule has 0 aromatic rings. The molecule has 0 aliphatic rings. The van der Waals surface area contributed by atoms with E-state index in [2.05, 4.69) is 13.8 Å². The summed E-state index contributed by atoms with van der Waals surface area (Å²) in [5, 5.41) is 18.6. The molecule has 0 aliphatic carbocycles. The van der Waals surface area contributed by atoms with Crippen molar-refractivity contribution in [1.82, 2.24) is 0 Å². The molecule has 0 spiro atoms. The van der Waals surface area contributed by atoms with Crippen LogP contribution < -0.4 is 0 Å². The van der Waals surface area contributed by atoms with Gasteiger partial charge >= 0.3 is 0 Å². The zero-order valence-corrected chi connectivity index (χ0v) is 12.2. The molecule has 0 aromatic heterocycles. The van der Waals surface area contributed by atoms with Crippen LogP contribution in [0.25, 0.3) is 0 Å². The highest BCUT2D eigenvalue weighted by molar-refractivity contribution is 7.80. The summed E-state index contributed by atoms with van der Waals surface area (Å²) in [5.41, 5.74) is -0.980. The van der Waals surface area contributed by atoms with Crippen LogP contribution in [0.2, 0.25) is 0 Å². The molecule has 0 fully saturated rings. The minimum atomic E-state index is -0.980. The molecule has 0 rings (SSSR count). The first kappa shape index (κ1) is 16.7. The lowest BCUT2D eigenvalue weighted by Crippen LogP contribution is -2.42. The lowest BCUT2D eigenvalue weighted by molar-refractivity contribution is -0.00720. The fourth-order valence-electron chi connectivity index (χ4n) is 1.57. The van der Waals surface area contributed by atoms with Crippen molar-refractivity contribution in [3.63, 3.8) is 0 Å². The molecule has 0 aliphatic heterocycles. The number of rotatable bonds is 10. The second kappa shape index (κ2) is 8.78. The quantitative estimate of drug-likeness (QED) is 0.469. The van der Waals surface area contributed by atoms with Crippen LogP contribution in [0.3, 0.4) is 0 Å². The van der Waals surface area contributed by atoms with Gasteiger partial charge in [-0.2, -0.15) is 0 Å². The third-order valence-electron chi connectivity index (χ3n) is 2.64. The van der Waals surface area contributed by atoms with Gasteiger partial charge in [0, 0.05) is 6.61 Å². The summed E-state index contributed by atoms with van der Waals surface area (Å²) in [6.45, 7) is 4.63. The van der Waals surface area contributed by atoms with Gasteiger partial charge in [0.1, 0.15) is 5.60 Å². The van der Waals surface area contributed by atoms with E-state index in [0.717, 1.165) is 25.7 Å². The van der Waals surface area contributed by atoms with Crippen LogP contribution in [0.4, 0.5) is 0 Å². The van der Waals surface area contributed by atoms with Crippen LogP contribution in [0.1, 0.15) is 52.4 Å². The maximum atomic E-state index is 9.67. The van der Waals surface area contributed by atoms with Gasteiger partial charge in [0.2, 0.25) is 0 Å². The Bertz CT molecular complexity index is 256. The molecule has 17 heavy (non-hydrogen) atoms. The molecule has 0 aromatic carbocycles. The van der Waals surface area contributed by atoms with Crippen molar-refractivity contribution < 1.29 is 14.9 Å². The van der Waals surface area contributed by atoms with Crippen molar-refractivity contribution >= 4 is 34.5 Å². The average molecular weight is 278 g/mol. The number of aliphatic hydroxyl groups excluding tert-OH is 2. The van der Waals surface area contributed by atoms with E-state index >= 15 is 0 Å². The van der Waals surface area contributed by atoms with E-state index in [-0.39, 0.29) is 16.5 Å². The Morgan fingerprint density at radius 2 is 1.71 bits per heavy atom. The Balaban J connectivity index is 4.68. The fraction of sp³-hybridized carbons (Fsp3) is 0.833. The van der Waals surface area contributed by atoms with Gasteiger partial charge in [-0.15, -0.1) is 0 Å². The first-order valence-corrected chi connectivity index (χ1v) is 6.89. The van der Waals surface area contributed by atoms with Gasteiger partial charge in [0.15, 0.2) is 10.1 Å². The second-order valence-corrected chi connectivity index (χ2v) is 5.03. The summed E-state index contributed by atoms with van der Waals surface area (Å²) in [5.74, 6) is 0. The predicted molar refractivity (Wildman–Crippen MR) is 78.2 cm³/mol. The number of thiocarbonyl (C=S) groups is 2. The molecule has 0 saturated carbocycles. The van der Waals surface area contributed by atoms with E-state index in [4.69, 9.17) is 29.2 Å². The Kier molecular flexibility index (Phi) is 8.64. The van der Waals surface area contributed by atoms with E-state index in [0.29, 0.717) is 13.0 Å². The number of ether oxygens (including phenoxy) is 1. The summed E-state index contributed by atoms with van der Waals surface area (Å²) < 4.78 is 5.71. The topological polar surface area (TPSA) is 49.7 Å². The molecule has 0 radical (unpaired) electrons. The largest absolute Gasteiger partial charge is 0.502 e. The molecule has 1 atom stereocenters. The molecule has 0 bridgehead atoms. The van der Waals surface area contributed by atoms with Crippen molar-refractivity contribution in [3.8, 4) is 0 Å². The van der Waals surface area contributed by atoms with Gasteiger partial charge in [-0.05, 0) is 37.3 Å². The van der Waals surface area contributed by atoms with E-state index in [9.17, 15) is 10.2 Å². The molecule has 0 heterocycles. The van der Waals surface area contributed by atoms with E-state index in [1.807, 2.05) is 0 Å². The Morgan fingerprint density at radius 3 is 2.12 bits per heavy atom. The lowest BCUT2D eigenvalue weighted by Gasteiger charge is -2.31. The van der Waals surface area contributed by atoms with E-state index in [1.165, 1.54) is 0 Å². The zero-order chi connectivity index (χ0) is 13.3. The summed E-state index contributed by atoms with van der Waals surface area (Å²) in [6, 6.07) is 0. The fourth-order valence-corrected chi connectivity index (χ4v) is 2.04. The summed E-state index contributed by atoms with van der Waals surface area (Å²) >= 11 is 9.57. The Morgan fingerprint density at radius 1 is 1.12 bits per heavy atom. The van der Waals surface area contributed by atoms with E-state index < -0.39 is 5.60 Å². The third kappa shape index (κ3) is 6.29. The van der Waals surface area contributed by atoms with Crippen molar-refractivity contribution in [2.75, 3.05) is 6.61 Å². The molecule has 100 valence electrons. The highest BCUT2D eigenvalue weighted by Gasteiger charge is 2.36. The predicted octanol–water partition coefficient (Wildman–Crippen LogP) is 3.89. The first-order chi connectivity index (χ1) is 7.98. The lowest BCUT2D eigenvalue weighted by atomic mass is 9.93. The van der Waals surface area contributed by atoms with Gasteiger partial charge in [0.25, 0.3) is 0 Å². The van der Waals surface area contributed by atoms with Crippen LogP contribution in [0, 0.1) is 0 Å². The minimum absolute atomic E-state index is 0.0986. The molecular formula is C12H22O3S2. The Hall–Kier alpha value is -0.260. The van der Waals surface area contributed by atoms with E-state index in [1.54, 1.807) is 0 Å². The molecule has 0 amide bonds. The standard InChI is InChI=1S/C12H22O3S2/c1-3-5-7-12(11(14)17,9-10(13)16)15-8-6-4-2/h3-9H2,1-2H3,(H,13,16)(H,14,17). The summed E-state index contributed by atoms with van der Waals surface area (Å²) in [6.07, 6.45) is 4.43.